The molecule has 0 aliphatic carbocycles. The summed E-state index contributed by atoms with van der Waals surface area (Å²) in [6.07, 6.45) is 1.11. The van der Waals surface area contributed by atoms with E-state index in [9.17, 15) is 14.4 Å². The summed E-state index contributed by atoms with van der Waals surface area (Å²) < 4.78 is 7.20. The number of carbonyl (C=O) groups excluding carboxylic acids is 3. The number of amides is 3. The lowest BCUT2D eigenvalue weighted by Gasteiger charge is -2.40. The first-order valence-corrected chi connectivity index (χ1v) is 8.65. The zero-order chi connectivity index (χ0) is 19.7. The van der Waals surface area contributed by atoms with E-state index in [0.717, 1.165) is 5.06 Å². The molecule has 1 fully saturated rings. The molecule has 0 radical (unpaired) electrons. The average Bonchev–Trinajstić information content (AvgIpc) is 3.11. The average molecular weight is 379 g/mol. The Hall–Kier alpha value is -2.43. The number of hydrogen-bond donors (Lipinski definition) is 0. The lowest BCUT2D eigenvalue weighted by Crippen LogP contribution is -2.57. The van der Waals surface area contributed by atoms with Crippen LogP contribution in [-0.2, 0) is 14.4 Å². The van der Waals surface area contributed by atoms with E-state index in [1.165, 1.54) is 19.1 Å². The Balaban J connectivity index is 1.77. The van der Waals surface area contributed by atoms with Crippen LogP contribution in [0.15, 0.2) is 18.3 Å². The molecule has 1 saturated heterocycles. The summed E-state index contributed by atoms with van der Waals surface area (Å²) in [4.78, 5) is 47.8. The Labute approximate surface area is 157 Å². The molecule has 10 nitrogen and oxygen atoms in total. The van der Waals surface area contributed by atoms with Crippen molar-refractivity contribution < 1.29 is 24.0 Å². The molecule has 3 heterocycles. The lowest BCUT2D eigenvalue weighted by molar-refractivity contribution is -0.215. The molecule has 0 saturated carbocycles. The number of fused-ring (bicyclic) bond motifs is 1. The fourth-order valence-corrected chi connectivity index (χ4v) is 3.71. The van der Waals surface area contributed by atoms with Gasteiger partial charge in [0.2, 0.25) is 0 Å². The van der Waals surface area contributed by atoms with Crippen LogP contribution in [0.5, 0.6) is 0 Å². The van der Waals surface area contributed by atoms with Gasteiger partial charge in [-0.05, 0) is 19.2 Å². The molecular formula is C17H25N5O5. The molecule has 0 unspecified atom stereocenters. The zero-order valence-electron chi connectivity index (χ0n) is 16.0. The van der Waals surface area contributed by atoms with Crippen LogP contribution in [0.2, 0.25) is 0 Å². The first kappa shape index (κ1) is 19.3. The SMILES string of the molecule is CO[C@@H]1[C@@H](CC(=O)CN2CN(C)CN(C)C2=O)n2cccc2C(=O)N1OC. The number of carbonyl (C=O) groups is 3. The van der Waals surface area contributed by atoms with Crippen molar-refractivity contribution in [2.45, 2.75) is 18.7 Å². The minimum atomic E-state index is -0.742. The molecular weight excluding hydrogens is 354 g/mol. The molecule has 1 aromatic rings. The van der Waals surface area contributed by atoms with Gasteiger partial charge in [-0.15, -0.1) is 0 Å². The second-order valence-corrected chi connectivity index (χ2v) is 6.87. The summed E-state index contributed by atoms with van der Waals surface area (Å²) in [5.74, 6) is -0.448. The molecule has 0 bridgehead atoms. The second-order valence-electron chi connectivity index (χ2n) is 6.87. The molecule has 3 rings (SSSR count). The van der Waals surface area contributed by atoms with Gasteiger partial charge in [0.25, 0.3) is 5.91 Å². The van der Waals surface area contributed by atoms with Crippen molar-refractivity contribution in [1.29, 1.82) is 0 Å². The van der Waals surface area contributed by atoms with Crippen molar-refractivity contribution >= 4 is 17.7 Å². The summed E-state index contributed by atoms with van der Waals surface area (Å²) in [5.41, 5.74) is 0.427. The summed E-state index contributed by atoms with van der Waals surface area (Å²) in [6, 6.07) is 2.80. The summed E-state index contributed by atoms with van der Waals surface area (Å²) >= 11 is 0. The highest BCUT2D eigenvalue weighted by Crippen LogP contribution is 2.31. The topological polar surface area (TPSA) is 87.6 Å². The van der Waals surface area contributed by atoms with E-state index in [-0.39, 0.29) is 30.7 Å². The van der Waals surface area contributed by atoms with Gasteiger partial charge in [0.05, 0.1) is 33.0 Å². The van der Waals surface area contributed by atoms with Crippen LogP contribution in [0.1, 0.15) is 23.0 Å². The van der Waals surface area contributed by atoms with Crippen LogP contribution in [-0.4, -0.2) is 96.5 Å². The van der Waals surface area contributed by atoms with Crippen molar-refractivity contribution in [2.75, 3.05) is 48.2 Å². The van der Waals surface area contributed by atoms with Crippen molar-refractivity contribution in [3.63, 3.8) is 0 Å². The smallest absolute Gasteiger partial charge is 0.322 e. The van der Waals surface area contributed by atoms with E-state index >= 15 is 0 Å². The van der Waals surface area contributed by atoms with Gasteiger partial charge in [0.15, 0.2) is 12.0 Å². The van der Waals surface area contributed by atoms with Gasteiger partial charge < -0.3 is 19.1 Å². The molecule has 2 aliphatic rings. The Kier molecular flexibility index (Phi) is 5.49. The van der Waals surface area contributed by atoms with Crippen LogP contribution >= 0.6 is 0 Å². The highest BCUT2D eigenvalue weighted by atomic mass is 16.7. The Bertz CT molecular complexity index is 735. The van der Waals surface area contributed by atoms with Crippen LogP contribution < -0.4 is 0 Å². The van der Waals surface area contributed by atoms with E-state index in [0.29, 0.717) is 19.0 Å². The van der Waals surface area contributed by atoms with Crippen molar-refractivity contribution in [3.05, 3.63) is 24.0 Å². The first-order chi connectivity index (χ1) is 12.9. The third-order valence-corrected chi connectivity index (χ3v) is 4.82. The normalized spacial score (nSPS) is 23.8. The third-order valence-electron chi connectivity index (χ3n) is 4.82. The monoisotopic (exact) mass is 379 g/mol. The van der Waals surface area contributed by atoms with Gasteiger partial charge in [-0.2, -0.15) is 5.06 Å². The van der Waals surface area contributed by atoms with E-state index < -0.39 is 12.3 Å². The maximum atomic E-state index is 12.8. The van der Waals surface area contributed by atoms with Gasteiger partial charge in [0.1, 0.15) is 5.69 Å². The van der Waals surface area contributed by atoms with Crippen molar-refractivity contribution in [3.8, 4) is 0 Å². The van der Waals surface area contributed by atoms with E-state index in [1.54, 1.807) is 34.8 Å². The molecule has 0 N–H and O–H groups in total. The summed E-state index contributed by atoms with van der Waals surface area (Å²) in [5, 5.41) is 1.14. The number of ketones is 1. The van der Waals surface area contributed by atoms with Crippen molar-refractivity contribution in [1.82, 2.24) is 24.3 Å². The third kappa shape index (κ3) is 3.55. The number of ether oxygens (including phenoxy) is 1. The fourth-order valence-electron chi connectivity index (χ4n) is 3.71. The summed E-state index contributed by atoms with van der Waals surface area (Å²) in [7, 11) is 6.44. The van der Waals surface area contributed by atoms with E-state index in [2.05, 4.69) is 0 Å². The zero-order valence-corrected chi connectivity index (χ0v) is 16.0. The predicted molar refractivity (Wildman–Crippen MR) is 94.4 cm³/mol. The van der Waals surface area contributed by atoms with Gasteiger partial charge in [-0.1, -0.05) is 0 Å². The molecule has 2 atom stereocenters. The maximum Gasteiger partial charge on any atom is 0.322 e. The molecule has 2 aliphatic heterocycles. The quantitative estimate of drug-likeness (QED) is 0.701. The molecule has 0 aromatic carbocycles. The van der Waals surface area contributed by atoms with Crippen LogP contribution in [0.4, 0.5) is 4.79 Å². The van der Waals surface area contributed by atoms with Crippen molar-refractivity contribution in [2.24, 2.45) is 0 Å². The molecule has 10 heteroatoms. The Morgan fingerprint density at radius 2 is 1.96 bits per heavy atom. The maximum absolute atomic E-state index is 12.8. The van der Waals surface area contributed by atoms with Gasteiger partial charge in [0, 0.05) is 26.8 Å². The van der Waals surface area contributed by atoms with Gasteiger partial charge in [-0.25, -0.2) is 4.79 Å². The number of hydrogen-bond acceptors (Lipinski definition) is 6. The molecule has 3 amide bonds. The van der Waals surface area contributed by atoms with Crippen LogP contribution in [0.25, 0.3) is 0 Å². The number of aromatic nitrogens is 1. The highest BCUT2D eigenvalue weighted by Gasteiger charge is 2.41. The number of rotatable bonds is 6. The standard InChI is InChI=1S/C17H25N5O5/c1-18-10-19(2)17(25)20(11-18)9-12(23)8-14-16(26-3)22(27-4)15(24)13-6-5-7-21(13)14/h5-7,14,16H,8-11H2,1-4H3/t14-,16-/m1/s1. The largest absolute Gasteiger partial charge is 0.357 e. The molecule has 1 aromatic heterocycles. The number of urea groups is 1. The molecule has 148 valence electrons. The Morgan fingerprint density at radius 1 is 1.22 bits per heavy atom. The second kappa shape index (κ2) is 7.67. The highest BCUT2D eigenvalue weighted by molar-refractivity contribution is 5.93. The van der Waals surface area contributed by atoms with Crippen LogP contribution in [0, 0.1) is 0 Å². The fraction of sp³-hybridized carbons (Fsp3) is 0.588. The number of nitrogens with zero attached hydrogens (tertiary/aromatic N) is 5. The van der Waals surface area contributed by atoms with E-state index in [1.807, 2.05) is 11.9 Å². The van der Waals surface area contributed by atoms with Gasteiger partial charge >= 0.3 is 6.03 Å². The first-order valence-electron chi connectivity index (χ1n) is 8.65. The number of hydroxylamine groups is 2. The predicted octanol–water partition coefficient (Wildman–Crippen LogP) is 0.192. The lowest BCUT2D eigenvalue weighted by atomic mass is 10.1. The van der Waals surface area contributed by atoms with Crippen LogP contribution in [0.3, 0.4) is 0 Å². The Morgan fingerprint density at radius 3 is 2.63 bits per heavy atom. The minimum Gasteiger partial charge on any atom is -0.357 e. The number of methoxy groups -OCH3 is 1. The van der Waals surface area contributed by atoms with E-state index in [4.69, 9.17) is 9.57 Å². The molecule has 27 heavy (non-hydrogen) atoms. The minimum absolute atomic E-state index is 0.00201. The summed E-state index contributed by atoms with van der Waals surface area (Å²) in [6.45, 7) is 0.915. The van der Waals surface area contributed by atoms with Gasteiger partial charge in [-0.3, -0.25) is 19.3 Å². The molecule has 0 spiro atoms. The number of Topliss-reactive ketones (excluding diaryl/α,β-unsaturated/α-hetero) is 1.